The first-order valence-corrected chi connectivity index (χ1v) is 8.93. The Morgan fingerprint density at radius 2 is 1.71 bits per heavy atom. The number of nitrogens with zero attached hydrogens (tertiary/aromatic N) is 1. The molecule has 122 valence electrons. The first-order chi connectivity index (χ1) is 10.1. The van der Waals surface area contributed by atoms with Crippen LogP contribution in [0.5, 0.6) is 0 Å². The number of rotatable bonds is 10. The Morgan fingerprint density at radius 1 is 1.05 bits per heavy atom. The summed E-state index contributed by atoms with van der Waals surface area (Å²) in [5.41, 5.74) is 0. The first-order valence-electron chi connectivity index (χ1n) is 8.93. The lowest BCUT2D eigenvalue weighted by atomic mass is 9.99. The minimum Gasteiger partial charge on any atom is -0.342 e. The second kappa shape index (κ2) is 10.8. The Labute approximate surface area is 130 Å². The molecule has 1 aliphatic heterocycles. The highest BCUT2D eigenvalue weighted by Gasteiger charge is 2.22. The Balaban J connectivity index is 2.06. The van der Waals surface area contributed by atoms with Crippen molar-refractivity contribution < 1.29 is 9.59 Å². The molecule has 1 rings (SSSR count). The van der Waals surface area contributed by atoms with Crippen LogP contribution in [0.3, 0.4) is 0 Å². The molecule has 1 atom stereocenters. The largest absolute Gasteiger partial charge is 0.342 e. The van der Waals surface area contributed by atoms with E-state index in [2.05, 4.69) is 13.8 Å². The van der Waals surface area contributed by atoms with E-state index >= 15 is 0 Å². The van der Waals surface area contributed by atoms with Gasteiger partial charge in [-0.15, -0.1) is 0 Å². The van der Waals surface area contributed by atoms with E-state index in [9.17, 15) is 9.59 Å². The molecule has 3 heteroatoms. The van der Waals surface area contributed by atoms with Gasteiger partial charge in [-0.3, -0.25) is 9.59 Å². The number of amides is 1. The molecule has 1 amide bonds. The molecule has 1 fully saturated rings. The van der Waals surface area contributed by atoms with Crippen LogP contribution in [0.25, 0.3) is 0 Å². The lowest BCUT2D eigenvalue weighted by Crippen LogP contribution is -2.39. The van der Waals surface area contributed by atoms with E-state index in [0.717, 1.165) is 32.4 Å². The van der Waals surface area contributed by atoms with E-state index in [-0.39, 0.29) is 18.1 Å². The van der Waals surface area contributed by atoms with Gasteiger partial charge in [0.25, 0.3) is 0 Å². The van der Waals surface area contributed by atoms with Crippen LogP contribution in [0.2, 0.25) is 0 Å². The minimum atomic E-state index is 0.0505. The van der Waals surface area contributed by atoms with Crippen molar-refractivity contribution >= 4 is 11.7 Å². The number of piperidine rings is 1. The Hall–Kier alpha value is -0.860. The van der Waals surface area contributed by atoms with Crippen molar-refractivity contribution in [2.24, 2.45) is 5.92 Å². The summed E-state index contributed by atoms with van der Waals surface area (Å²) in [6, 6.07) is 0. The van der Waals surface area contributed by atoms with Crippen molar-refractivity contribution in [2.45, 2.75) is 84.5 Å². The predicted octanol–water partition coefficient (Wildman–Crippen LogP) is 4.34. The second-order valence-electron chi connectivity index (χ2n) is 6.67. The molecule has 0 saturated carbocycles. The maximum absolute atomic E-state index is 12.1. The number of unbranched alkanes of at least 4 members (excludes halogenated alkanes) is 6. The average molecular weight is 295 g/mol. The van der Waals surface area contributed by atoms with E-state index < -0.39 is 0 Å². The van der Waals surface area contributed by atoms with E-state index in [1.165, 1.54) is 38.5 Å². The topological polar surface area (TPSA) is 37.4 Å². The SMILES string of the molecule is CCCCCCCCCC(=O)CC(=O)N1CCCC(C)C1. The van der Waals surface area contributed by atoms with Crippen LogP contribution in [-0.2, 0) is 9.59 Å². The lowest BCUT2D eigenvalue weighted by Gasteiger charge is -2.30. The molecule has 0 aromatic carbocycles. The van der Waals surface area contributed by atoms with E-state index in [0.29, 0.717) is 12.3 Å². The fourth-order valence-electron chi connectivity index (χ4n) is 3.06. The molecule has 0 N–H and O–H groups in total. The van der Waals surface area contributed by atoms with Gasteiger partial charge in [-0.25, -0.2) is 0 Å². The van der Waals surface area contributed by atoms with Crippen LogP contribution < -0.4 is 0 Å². The predicted molar refractivity (Wildman–Crippen MR) is 87.2 cm³/mol. The fourth-order valence-corrected chi connectivity index (χ4v) is 3.06. The number of ketones is 1. The van der Waals surface area contributed by atoms with Crippen LogP contribution >= 0.6 is 0 Å². The van der Waals surface area contributed by atoms with Gasteiger partial charge < -0.3 is 4.90 Å². The molecular weight excluding hydrogens is 262 g/mol. The van der Waals surface area contributed by atoms with E-state index in [1.807, 2.05) is 4.90 Å². The summed E-state index contributed by atoms with van der Waals surface area (Å²) >= 11 is 0. The van der Waals surface area contributed by atoms with Crippen LogP contribution in [0.15, 0.2) is 0 Å². The fraction of sp³-hybridized carbons (Fsp3) is 0.889. The smallest absolute Gasteiger partial charge is 0.230 e. The van der Waals surface area contributed by atoms with Crippen molar-refractivity contribution in [1.29, 1.82) is 0 Å². The zero-order chi connectivity index (χ0) is 15.5. The quantitative estimate of drug-likeness (QED) is 0.444. The summed E-state index contributed by atoms with van der Waals surface area (Å²) in [4.78, 5) is 25.8. The van der Waals surface area contributed by atoms with Crippen LogP contribution in [0, 0.1) is 5.92 Å². The lowest BCUT2D eigenvalue weighted by molar-refractivity contribution is -0.136. The van der Waals surface area contributed by atoms with Crippen molar-refractivity contribution in [2.75, 3.05) is 13.1 Å². The van der Waals surface area contributed by atoms with E-state index in [1.54, 1.807) is 0 Å². The van der Waals surface area contributed by atoms with Crippen molar-refractivity contribution in [3.8, 4) is 0 Å². The summed E-state index contributed by atoms with van der Waals surface area (Å²) in [5.74, 6) is 0.766. The molecule has 1 unspecified atom stereocenters. The molecule has 0 aliphatic carbocycles. The molecule has 1 heterocycles. The van der Waals surface area contributed by atoms with E-state index in [4.69, 9.17) is 0 Å². The van der Waals surface area contributed by atoms with Crippen molar-refractivity contribution in [1.82, 2.24) is 4.90 Å². The number of carbonyl (C=O) groups excluding carboxylic acids is 2. The summed E-state index contributed by atoms with van der Waals surface area (Å²) in [6.45, 7) is 6.08. The maximum Gasteiger partial charge on any atom is 0.230 e. The highest BCUT2D eigenvalue weighted by atomic mass is 16.2. The van der Waals surface area contributed by atoms with Gasteiger partial charge >= 0.3 is 0 Å². The van der Waals surface area contributed by atoms with Crippen LogP contribution in [-0.4, -0.2) is 29.7 Å². The first kappa shape index (κ1) is 18.2. The molecule has 0 aromatic heterocycles. The summed E-state index contributed by atoms with van der Waals surface area (Å²) < 4.78 is 0. The Bertz CT molecular complexity index is 314. The normalized spacial score (nSPS) is 18.8. The molecule has 0 radical (unpaired) electrons. The van der Waals surface area contributed by atoms with Gasteiger partial charge in [0.15, 0.2) is 0 Å². The summed E-state index contributed by atoms with van der Waals surface area (Å²) in [7, 11) is 0. The molecule has 1 aliphatic rings. The highest BCUT2D eigenvalue weighted by Crippen LogP contribution is 2.16. The number of likely N-dealkylation sites (tertiary alicyclic amines) is 1. The maximum atomic E-state index is 12.1. The third-order valence-electron chi connectivity index (χ3n) is 4.42. The monoisotopic (exact) mass is 295 g/mol. The van der Waals surface area contributed by atoms with Crippen LogP contribution in [0.1, 0.15) is 84.5 Å². The second-order valence-corrected chi connectivity index (χ2v) is 6.67. The van der Waals surface area contributed by atoms with Gasteiger partial charge in [0, 0.05) is 19.5 Å². The highest BCUT2D eigenvalue weighted by molar-refractivity contribution is 5.98. The number of hydrogen-bond donors (Lipinski definition) is 0. The molecule has 0 spiro atoms. The third-order valence-corrected chi connectivity index (χ3v) is 4.42. The van der Waals surface area contributed by atoms with Gasteiger partial charge in [-0.1, -0.05) is 52.4 Å². The zero-order valence-electron chi connectivity index (χ0n) is 14.0. The van der Waals surface area contributed by atoms with Gasteiger partial charge in [0.2, 0.25) is 5.91 Å². The number of carbonyl (C=O) groups is 2. The zero-order valence-corrected chi connectivity index (χ0v) is 14.0. The number of Topliss-reactive ketones (excluding diaryl/α,β-unsaturated/α-hetero) is 1. The van der Waals surface area contributed by atoms with Crippen molar-refractivity contribution in [3.63, 3.8) is 0 Å². The summed E-state index contributed by atoms with van der Waals surface area (Å²) in [5, 5.41) is 0. The third kappa shape index (κ3) is 8.23. The summed E-state index contributed by atoms with van der Waals surface area (Å²) in [6.07, 6.45) is 11.5. The van der Waals surface area contributed by atoms with Gasteiger partial charge in [-0.2, -0.15) is 0 Å². The average Bonchev–Trinajstić information content (AvgIpc) is 2.46. The number of hydrogen-bond acceptors (Lipinski definition) is 2. The molecule has 3 nitrogen and oxygen atoms in total. The molecular formula is C18H33NO2. The van der Waals surface area contributed by atoms with Gasteiger partial charge in [0.1, 0.15) is 5.78 Å². The molecule has 21 heavy (non-hydrogen) atoms. The standard InChI is InChI=1S/C18H33NO2/c1-3-4-5-6-7-8-9-12-17(20)14-18(21)19-13-10-11-16(2)15-19/h16H,3-15H2,1-2H3. The molecule has 0 bridgehead atoms. The van der Waals surface area contributed by atoms with Crippen molar-refractivity contribution in [3.05, 3.63) is 0 Å². The minimum absolute atomic E-state index is 0.0505. The van der Waals surface area contributed by atoms with Crippen LogP contribution in [0.4, 0.5) is 0 Å². The Kier molecular flexibility index (Phi) is 9.36. The molecule has 1 saturated heterocycles. The Morgan fingerprint density at radius 3 is 2.38 bits per heavy atom. The van der Waals surface area contributed by atoms with Gasteiger partial charge in [-0.05, 0) is 25.2 Å². The molecule has 0 aromatic rings. The van der Waals surface area contributed by atoms with Gasteiger partial charge in [0.05, 0.1) is 6.42 Å².